The fourth-order valence-corrected chi connectivity index (χ4v) is 2.60. The van der Waals surface area contributed by atoms with E-state index in [1.807, 2.05) is 25.1 Å². The van der Waals surface area contributed by atoms with Gasteiger partial charge in [0.2, 0.25) is 0 Å². The Bertz CT molecular complexity index is 572. The van der Waals surface area contributed by atoms with Crippen molar-refractivity contribution < 1.29 is 4.74 Å². The van der Waals surface area contributed by atoms with E-state index in [0.29, 0.717) is 6.61 Å². The highest BCUT2D eigenvalue weighted by molar-refractivity contribution is 5.49. The predicted molar refractivity (Wildman–Crippen MR) is 84.5 cm³/mol. The molecule has 0 fully saturated rings. The van der Waals surface area contributed by atoms with Crippen molar-refractivity contribution in [3.05, 3.63) is 47.3 Å². The Morgan fingerprint density at radius 3 is 2.60 bits per heavy atom. The van der Waals surface area contributed by atoms with Crippen LogP contribution in [0.1, 0.15) is 30.8 Å². The van der Waals surface area contributed by atoms with Crippen LogP contribution in [0.5, 0.6) is 5.75 Å². The SMILES string of the molecule is CCOc1cccc(NCc2cc(C)n(CC)c2C)c1. The monoisotopic (exact) mass is 272 g/mol. The molecule has 1 N–H and O–H groups in total. The Kier molecular flexibility index (Phi) is 4.72. The molecular formula is C17H24N2O. The second-order valence-electron chi connectivity index (χ2n) is 4.96. The molecule has 0 unspecified atom stereocenters. The lowest BCUT2D eigenvalue weighted by Gasteiger charge is -2.10. The third kappa shape index (κ3) is 3.16. The minimum atomic E-state index is 0.696. The molecule has 0 saturated carbocycles. The van der Waals surface area contributed by atoms with Crippen molar-refractivity contribution in [3.63, 3.8) is 0 Å². The van der Waals surface area contributed by atoms with Crippen LogP contribution in [-0.2, 0) is 13.1 Å². The first-order valence-corrected chi connectivity index (χ1v) is 7.28. The van der Waals surface area contributed by atoms with Gasteiger partial charge in [0.15, 0.2) is 0 Å². The van der Waals surface area contributed by atoms with Crippen molar-refractivity contribution in [1.29, 1.82) is 0 Å². The minimum absolute atomic E-state index is 0.696. The summed E-state index contributed by atoms with van der Waals surface area (Å²) < 4.78 is 7.86. The van der Waals surface area contributed by atoms with Crippen molar-refractivity contribution in [2.24, 2.45) is 0 Å². The number of aryl methyl sites for hydroxylation is 1. The van der Waals surface area contributed by atoms with Gasteiger partial charge in [-0.25, -0.2) is 0 Å². The highest BCUT2D eigenvalue weighted by Gasteiger charge is 2.07. The molecule has 1 heterocycles. The average Bonchev–Trinajstić information content (AvgIpc) is 2.71. The zero-order valence-corrected chi connectivity index (χ0v) is 12.9. The molecule has 0 spiro atoms. The van der Waals surface area contributed by atoms with Gasteiger partial charge in [-0.1, -0.05) is 6.07 Å². The van der Waals surface area contributed by atoms with Crippen molar-refractivity contribution in [1.82, 2.24) is 4.57 Å². The summed E-state index contributed by atoms with van der Waals surface area (Å²) in [5.41, 5.74) is 5.12. The maximum Gasteiger partial charge on any atom is 0.121 e. The Morgan fingerprint density at radius 1 is 1.15 bits per heavy atom. The average molecular weight is 272 g/mol. The second kappa shape index (κ2) is 6.51. The number of anilines is 1. The quantitative estimate of drug-likeness (QED) is 0.855. The number of benzene rings is 1. The second-order valence-corrected chi connectivity index (χ2v) is 4.96. The lowest BCUT2D eigenvalue weighted by atomic mass is 10.2. The van der Waals surface area contributed by atoms with Crippen LogP contribution in [0.2, 0.25) is 0 Å². The standard InChI is InChI=1S/C17H24N2O/c1-5-19-13(3)10-15(14(19)4)12-18-16-8-7-9-17(11-16)20-6-2/h7-11,18H,5-6,12H2,1-4H3. The van der Waals surface area contributed by atoms with Crippen LogP contribution in [-0.4, -0.2) is 11.2 Å². The largest absolute Gasteiger partial charge is 0.494 e. The summed E-state index contributed by atoms with van der Waals surface area (Å²) in [6.45, 7) is 11.1. The summed E-state index contributed by atoms with van der Waals surface area (Å²) >= 11 is 0. The first kappa shape index (κ1) is 14.5. The maximum atomic E-state index is 5.52. The summed E-state index contributed by atoms with van der Waals surface area (Å²) in [6.07, 6.45) is 0. The molecule has 0 atom stereocenters. The van der Waals surface area contributed by atoms with E-state index < -0.39 is 0 Å². The Morgan fingerprint density at radius 2 is 1.95 bits per heavy atom. The molecule has 0 aliphatic carbocycles. The molecule has 1 aromatic carbocycles. The highest BCUT2D eigenvalue weighted by atomic mass is 16.5. The molecule has 3 nitrogen and oxygen atoms in total. The van der Waals surface area contributed by atoms with Gasteiger partial charge < -0.3 is 14.6 Å². The number of nitrogens with one attached hydrogen (secondary N) is 1. The van der Waals surface area contributed by atoms with Crippen LogP contribution in [0.15, 0.2) is 30.3 Å². The third-order valence-corrected chi connectivity index (χ3v) is 3.62. The number of hydrogen-bond donors (Lipinski definition) is 1. The van der Waals surface area contributed by atoms with Crippen LogP contribution >= 0.6 is 0 Å². The lowest BCUT2D eigenvalue weighted by Crippen LogP contribution is -2.03. The summed E-state index contributed by atoms with van der Waals surface area (Å²) in [5.74, 6) is 0.913. The molecule has 0 bridgehead atoms. The molecule has 0 aliphatic heterocycles. The number of aromatic nitrogens is 1. The van der Waals surface area contributed by atoms with E-state index in [1.165, 1.54) is 17.0 Å². The van der Waals surface area contributed by atoms with E-state index in [9.17, 15) is 0 Å². The highest BCUT2D eigenvalue weighted by Crippen LogP contribution is 2.20. The Balaban J connectivity index is 2.07. The van der Waals surface area contributed by atoms with Crippen LogP contribution in [0.3, 0.4) is 0 Å². The molecule has 3 heteroatoms. The van der Waals surface area contributed by atoms with E-state index in [1.54, 1.807) is 0 Å². The summed E-state index contributed by atoms with van der Waals surface area (Å²) in [6, 6.07) is 10.4. The van der Waals surface area contributed by atoms with Gasteiger partial charge in [-0.05, 0) is 51.5 Å². The van der Waals surface area contributed by atoms with E-state index >= 15 is 0 Å². The fraction of sp³-hybridized carbons (Fsp3) is 0.412. The first-order valence-electron chi connectivity index (χ1n) is 7.28. The fourth-order valence-electron chi connectivity index (χ4n) is 2.60. The van der Waals surface area contributed by atoms with E-state index in [2.05, 4.69) is 42.8 Å². The molecular weight excluding hydrogens is 248 g/mol. The Hall–Kier alpha value is -1.90. The van der Waals surface area contributed by atoms with Gasteiger partial charge in [0.05, 0.1) is 6.61 Å². The van der Waals surface area contributed by atoms with Gasteiger partial charge in [-0.15, -0.1) is 0 Å². The molecule has 20 heavy (non-hydrogen) atoms. The Labute approximate surface area is 121 Å². The van der Waals surface area contributed by atoms with Gasteiger partial charge in [-0.2, -0.15) is 0 Å². The van der Waals surface area contributed by atoms with Gasteiger partial charge in [-0.3, -0.25) is 0 Å². The van der Waals surface area contributed by atoms with Crippen LogP contribution in [0, 0.1) is 13.8 Å². The van der Waals surface area contributed by atoms with Gasteiger partial charge in [0.1, 0.15) is 5.75 Å². The first-order chi connectivity index (χ1) is 9.65. The van der Waals surface area contributed by atoms with Crippen molar-refractivity contribution in [3.8, 4) is 5.75 Å². The van der Waals surface area contributed by atoms with Gasteiger partial charge in [0.25, 0.3) is 0 Å². The van der Waals surface area contributed by atoms with E-state index in [4.69, 9.17) is 4.74 Å². The molecule has 0 amide bonds. The summed E-state index contributed by atoms with van der Waals surface area (Å²) in [7, 11) is 0. The van der Waals surface area contributed by atoms with Gasteiger partial charge >= 0.3 is 0 Å². The lowest BCUT2D eigenvalue weighted by molar-refractivity contribution is 0.340. The maximum absolute atomic E-state index is 5.52. The molecule has 0 aliphatic rings. The molecule has 108 valence electrons. The molecule has 2 aromatic rings. The smallest absolute Gasteiger partial charge is 0.121 e. The normalized spacial score (nSPS) is 10.6. The van der Waals surface area contributed by atoms with Crippen LogP contribution < -0.4 is 10.1 Å². The van der Waals surface area contributed by atoms with E-state index in [-0.39, 0.29) is 0 Å². The van der Waals surface area contributed by atoms with Gasteiger partial charge in [0, 0.05) is 36.2 Å². The zero-order valence-electron chi connectivity index (χ0n) is 12.9. The number of rotatable bonds is 6. The summed E-state index contributed by atoms with van der Waals surface area (Å²) in [4.78, 5) is 0. The number of hydrogen-bond acceptors (Lipinski definition) is 2. The van der Waals surface area contributed by atoms with E-state index in [0.717, 1.165) is 24.5 Å². The molecule has 0 saturated heterocycles. The molecule has 0 radical (unpaired) electrons. The number of nitrogens with zero attached hydrogens (tertiary/aromatic N) is 1. The van der Waals surface area contributed by atoms with Crippen molar-refractivity contribution >= 4 is 5.69 Å². The molecule has 1 aromatic heterocycles. The minimum Gasteiger partial charge on any atom is -0.494 e. The third-order valence-electron chi connectivity index (χ3n) is 3.62. The van der Waals surface area contributed by atoms with Crippen LogP contribution in [0.4, 0.5) is 5.69 Å². The van der Waals surface area contributed by atoms with Crippen molar-refractivity contribution in [2.75, 3.05) is 11.9 Å². The number of ether oxygens (including phenoxy) is 1. The predicted octanol–water partition coefficient (Wildman–Crippen LogP) is 4.14. The summed E-state index contributed by atoms with van der Waals surface area (Å²) in [5, 5.41) is 3.47. The topological polar surface area (TPSA) is 26.2 Å². The van der Waals surface area contributed by atoms with Crippen molar-refractivity contribution in [2.45, 2.75) is 40.8 Å². The molecule has 2 rings (SSSR count). The van der Waals surface area contributed by atoms with Crippen LogP contribution in [0.25, 0.3) is 0 Å². The zero-order chi connectivity index (χ0) is 14.5.